The first kappa shape index (κ1) is 18.3. The van der Waals surface area contributed by atoms with E-state index in [1.54, 1.807) is 18.2 Å². The zero-order chi connectivity index (χ0) is 17.4. The zero-order valence-corrected chi connectivity index (χ0v) is 14.2. The maximum Gasteiger partial charge on any atom is 0.253 e. The van der Waals surface area contributed by atoms with Gasteiger partial charge >= 0.3 is 0 Å². The third-order valence-corrected chi connectivity index (χ3v) is 4.47. The molecule has 24 heavy (non-hydrogen) atoms. The van der Waals surface area contributed by atoms with Crippen LogP contribution in [0.4, 0.5) is 5.69 Å². The maximum absolute atomic E-state index is 12.2. The third-order valence-electron chi connectivity index (χ3n) is 4.47. The fourth-order valence-corrected chi connectivity index (χ4v) is 3.06. The molecule has 0 unspecified atom stereocenters. The van der Waals surface area contributed by atoms with Crippen molar-refractivity contribution in [2.75, 3.05) is 25.0 Å². The van der Waals surface area contributed by atoms with Gasteiger partial charge < -0.3 is 21.1 Å². The van der Waals surface area contributed by atoms with Crippen LogP contribution in [0, 0.1) is 5.92 Å². The smallest absolute Gasteiger partial charge is 0.253 e. The number of amides is 2. The van der Waals surface area contributed by atoms with Gasteiger partial charge in [-0.3, -0.25) is 9.59 Å². The van der Waals surface area contributed by atoms with Gasteiger partial charge in [-0.1, -0.05) is 31.9 Å². The second-order valence-electron chi connectivity index (χ2n) is 6.31. The lowest BCUT2D eigenvalue weighted by Crippen LogP contribution is -2.43. The van der Waals surface area contributed by atoms with E-state index in [1.165, 1.54) is 6.42 Å². The Kier molecular flexibility index (Phi) is 7.06. The van der Waals surface area contributed by atoms with Crippen LogP contribution in [0.5, 0.6) is 0 Å². The molecule has 1 aromatic rings. The molecule has 1 aliphatic carbocycles. The van der Waals surface area contributed by atoms with Crippen molar-refractivity contribution >= 4 is 17.5 Å². The Labute approximate surface area is 143 Å². The molecule has 1 fully saturated rings. The summed E-state index contributed by atoms with van der Waals surface area (Å²) < 4.78 is 0. The minimum Gasteiger partial charge on any atom is -0.395 e. The van der Waals surface area contributed by atoms with Gasteiger partial charge in [0.25, 0.3) is 5.91 Å². The number of hydrogen-bond acceptors (Lipinski definition) is 4. The van der Waals surface area contributed by atoms with Crippen LogP contribution in [0.3, 0.4) is 0 Å². The van der Waals surface area contributed by atoms with E-state index in [4.69, 9.17) is 5.11 Å². The molecule has 6 nitrogen and oxygen atoms in total. The number of carbonyl (C=O) groups is 2. The number of nitrogens with one attached hydrogen (secondary N) is 3. The minimum absolute atomic E-state index is 0.0562. The highest BCUT2D eigenvalue weighted by Gasteiger charge is 2.22. The summed E-state index contributed by atoms with van der Waals surface area (Å²) in [5.41, 5.74) is 1.07. The zero-order valence-electron chi connectivity index (χ0n) is 14.2. The predicted octanol–water partition coefficient (Wildman–Crippen LogP) is 1.52. The Morgan fingerprint density at radius 3 is 2.71 bits per heavy atom. The summed E-state index contributed by atoms with van der Waals surface area (Å²) in [7, 11) is 0. The average molecular weight is 333 g/mol. The van der Waals surface area contributed by atoms with Gasteiger partial charge in [-0.05, 0) is 30.9 Å². The maximum atomic E-state index is 12.2. The van der Waals surface area contributed by atoms with E-state index in [0.717, 1.165) is 19.3 Å². The molecule has 6 heteroatoms. The molecule has 0 spiro atoms. The van der Waals surface area contributed by atoms with Gasteiger partial charge in [-0.2, -0.15) is 0 Å². The van der Waals surface area contributed by atoms with Crippen molar-refractivity contribution in [1.29, 1.82) is 0 Å². The van der Waals surface area contributed by atoms with E-state index in [2.05, 4.69) is 22.9 Å². The topological polar surface area (TPSA) is 90.5 Å². The largest absolute Gasteiger partial charge is 0.395 e. The molecule has 1 aliphatic rings. The van der Waals surface area contributed by atoms with E-state index in [-0.39, 0.29) is 37.6 Å². The Morgan fingerprint density at radius 2 is 1.96 bits per heavy atom. The van der Waals surface area contributed by atoms with Crippen molar-refractivity contribution in [1.82, 2.24) is 10.6 Å². The number of benzene rings is 1. The molecule has 1 aromatic carbocycles. The van der Waals surface area contributed by atoms with E-state index >= 15 is 0 Å². The molecule has 0 aliphatic heterocycles. The fourth-order valence-electron chi connectivity index (χ4n) is 3.06. The number of anilines is 1. The molecule has 4 N–H and O–H groups in total. The van der Waals surface area contributed by atoms with Crippen molar-refractivity contribution in [3.63, 3.8) is 0 Å². The lowest BCUT2D eigenvalue weighted by Gasteiger charge is -2.29. The summed E-state index contributed by atoms with van der Waals surface area (Å²) in [5.74, 6) is 0.187. The molecule has 1 saturated carbocycles. The van der Waals surface area contributed by atoms with Crippen molar-refractivity contribution in [2.24, 2.45) is 5.92 Å². The predicted molar refractivity (Wildman–Crippen MR) is 93.9 cm³/mol. The first-order chi connectivity index (χ1) is 11.6. The Bertz CT molecular complexity index is 562. The van der Waals surface area contributed by atoms with Gasteiger partial charge in [0.2, 0.25) is 5.91 Å². The van der Waals surface area contributed by atoms with Gasteiger partial charge in [0, 0.05) is 18.3 Å². The average Bonchev–Trinajstić information content (AvgIpc) is 2.60. The highest BCUT2D eigenvalue weighted by atomic mass is 16.3. The van der Waals surface area contributed by atoms with Crippen molar-refractivity contribution < 1.29 is 14.7 Å². The summed E-state index contributed by atoms with van der Waals surface area (Å²) >= 11 is 0. The second-order valence-corrected chi connectivity index (χ2v) is 6.31. The van der Waals surface area contributed by atoms with Crippen molar-refractivity contribution in [3.8, 4) is 0 Å². The van der Waals surface area contributed by atoms with Crippen molar-refractivity contribution in [2.45, 2.75) is 38.6 Å². The van der Waals surface area contributed by atoms with Crippen LogP contribution < -0.4 is 16.0 Å². The van der Waals surface area contributed by atoms with Crippen LogP contribution in [0.1, 0.15) is 43.0 Å². The molecule has 0 saturated heterocycles. The van der Waals surface area contributed by atoms with Crippen LogP contribution in [0.25, 0.3) is 0 Å². The molecule has 0 heterocycles. The van der Waals surface area contributed by atoms with Gasteiger partial charge in [-0.25, -0.2) is 0 Å². The molecule has 0 radical (unpaired) electrons. The van der Waals surface area contributed by atoms with Crippen LogP contribution in [-0.4, -0.2) is 42.7 Å². The summed E-state index contributed by atoms with van der Waals surface area (Å²) in [6.07, 6.45) is 4.60. The van der Waals surface area contributed by atoms with Gasteiger partial charge in [-0.15, -0.1) is 0 Å². The van der Waals surface area contributed by atoms with Crippen LogP contribution in [-0.2, 0) is 4.79 Å². The summed E-state index contributed by atoms with van der Waals surface area (Å²) in [6, 6.07) is 7.28. The Morgan fingerprint density at radius 1 is 1.21 bits per heavy atom. The summed E-state index contributed by atoms with van der Waals surface area (Å²) in [5, 5.41) is 17.5. The van der Waals surface area contributed by atoms with E-state index < -0.39 is 0 Å². The minimum atomic E-state index is -0.270. The molecule has 2 amide bonds. The Hall–Kier alpha value is -2.08. The molecule has 0 bridgehead atoms. The monoisotopic (exact) mass is 333 g/mol. The number of aliphatic hydroxyl groups is 1. The van der Waals surface area contributed by atoms with Crippen LogP contribution >= 0.6 is 0 Å². The molecule has 2 rings (SSSR count). The van der Waals surface area contributed by atoms with Gasteiger partial charge in [0.05, 0.1) is 18.7 Å². The number of para-hydroxylation sites is 1. The molecular weight excluding hydrogens is 306 g/mol. The lowest BCUT2D eigenvalue weighted by atomic mass is 9.86. The molecule has 2 atom stereocenters. The number of carbonyl (C=O) groups excluding carboxylic acids is 2. The van der Waals surface area contributed by atoms with E-state index in [0.29, 0.717) is 17.2 Å². The molecular formula is C18H27N3O3. The quantitative estimate of drug-likeness (QED) is 0.609. The SMILES string of the molecule is C[C@H]1CCCC[C@H]1NC(=O)CNc1ccccc1C(=O)NCCO. The lowest BCUT2D eigenvalue weighted by molar-refractivity contribution is -0.120. The third kappa shape index (κ3) is 5.23. The van der Waals surface area contributed by atoms with Gasteiger partial charge in [0.1, 0.15) is 0 Å². The highest BCUT2D eigenvalue weighted by Crippen LogP contribution is 2.23. The number of hydrogen-bond donors (Lipinski definition) is 4. The first-order valence-electron chi connectivity index (χ1n) is 8.63. The molecule has 0 aromatic heterocycles. The first-order valence-corrected chi connectivity index (χ1v) is 8.63. The Balaban J connectivity index is 1.89. The standard InChI is InChI=1S/C18H27N3O3/c1-13-6-2-4-8-15(13)21-17(23)12-20-16-9-5-3-7-14(16)18(24)19-10-11-22/h3,5,7,9,13,15,20,22H,2,4,6,8,10-12H2,1H3,(H,19,24)(H,21,23)/t13-,15+/m0/s1. The second kappa shape index (κ2) is 9.27. The summed E-state index contributed by atoms with van der Waals surface area (Å²) in [4.78, 5) is 24.2. The van der Waals surface area contributed by atoms with Crippen LogP contribution in [0.2, 0.25) is 0 Å². The number of aliphatic hydroxyl groups excluding tert-OH is 1. The molecule has 132 valence electrons. The highest BCUT2D eigenvalue weighted by molar-refractivity contribution is 6.00. The van der Waals surface area contributed by atoms with Gasteiger partial charge in [0.15, 0.2) is 0 Å². The number of rotatable bonds is 7. The van der Waals surface area contributed by atoms with Crippen molar-refractivity contribution in [3.05, 3.63) is 29.8 Å². The van der Waals surface area contributed by atoms with Crippen LogP contribution in [0.15, 0.2) is 24.3 Å². The fraction of sp³-hybridized carbons (Fsp3) is 0.556. The normalized spacial score (nSPS) is 20.2. The van der Waals surface area contributed by atoms with E-state index in [1.807, 2.05) is 6.07 Å². The van der Waals surface area contributed by atoms with E-state index in [9.17, 15) is 9.59 Å². The summed E-state index contributed by atoms with van der Waals surface area (Å²) in [6.45, 7) is 2.41.